The minimum atomic E-state index is -2.82. The van der Waals surface area contributed by atoms with E-state index in [9.17, 15) is 0 Å². The van der Waals surface area contributed by atoms with Crippen molar-refractivity contribution in [3.63, 3.8) is 0 Å². The minimum Gasteiger partial charge on any atom is -0.456 e. The predicted octanol–water partition coefficient (Wildman–Crippen LogP) is 12.8. The van der Waals surface area contributed by atoms with Gasteiger partial charge in [0.2, 0.25) is 0 Å². The van der Waals surface area contributed by atoms with Gasteiger partial charge in [-0.3, -0.25) is 0 Å². The second-order valence-corrected chi connectivity index (χ2v) is 20.6. The van der Waals surface area contributed by atoms with E-state index in [0.29, 0.717) is 0 Å². The summed E-state index contributed by atoms with van der Waals surface area (Å²) in [4.78, 5) is 0. The van der Waals surface area contributed by atoms with Crippen LogP contribution in [0, 0.1) is 0 Å². The third-order valence-corrected chi connectivity index (χ3v) is 18.2. The molecule has 0 aliphatic carbocycles. The van der Waals surface area contributed by atoms with E-state index in [-0.39, 0.29) is 0 Å². The fraction of sp³-hybridized carbons (Fsp3) is 0. The standard InChI is InChI=1S/C60H40N2OSi/c1-4-20-43(21-5-1)64(44-22-6-2-7-23-44,45-24-8-3-9-25-45)46-26-16-19-42(40-46)61-54-33-13-10-28-49(54)52-32-18-35-56(60(52)61)62-55-34-14-11-27-48(55)51-31-17-30-47(59(51)62)41-37-38-58-53(39-41)50-29-12-15-36-57(50)63-58/h1-40H. The van der Waals surface area contributed by atoms with Crippen LogP contribution in [0.4, 0.5) is 0 Å². The number of aromatic nitrogens is 2. The minimum absolute atomic E-state index is 0.896. The van der Waals surface area contributed by atoms with E-state index in [0.717, 1.165) is 38.9 Å². The topological polar surface area (TPSA) is 23.0 Å². The average molecular weight is 833 g/mol. The van der Waals surface area contributed by atoms with Crippen LogP contribution >= 0.6 is 0 Å². The number of nitrogens with zero attached hydrogens (tertiary/aromatic N) is 2. The molecule has 0 spiro atoms. The maximum Gasteiger partial charge on any atom is 0.179 e. The molecule has 13 aromatic rings. The lowest BCUT2D eigenvalue weighted by molar-refractivity contribution is 0.669. The number of para-hydroxylation sites is 5. The van der Waals surface area contributed by atoms with Crippen LogP contribution in [-0.2, 0) is 0 Å². The van der Waals surface area contributed by atoms with Gasteiger partial charge in [-0.25, -0.2) is 0 Å². The van der Waals surface area contributed by atoms with Crippen molar-refractivity contribution < 1.29 is 4.42 Å². The zero-order valence-electron chi connectivity index (χ0n) is 34.9. The van der Waals surface area contributed by atoms with Crippen LogP contribution in [0.5, 0.6) is 0 Å². The van der Waals surface area contributed by atoms with Gasteiger partial charge in [-0.05, 0) is 74.8 Å². The van der Waals surface area contributed by atoms with Crippen LogP contribution in [0.25, 0.3) is 88.1 Å². The Labute approximate surface area is 371 Å². The Bertz CT molecular complexity index is 3800. The van der Waals surface area contributed by atoms with Gasteiger partial charge >= 0.3 is 0 Å². The summed E-state index contributed by atoms with van der Waals surface area (Å²) >= 11 is 0. The molecule has 0 aliphatic heterocycles. The van der Waals surface area contributed by atoms with Crippen molar-refractivity contribution in [1.82, 2.24) is 9.13 Å². The van der Waals surface area contributed by atoms with E-state index in [4.69, 9.17) is 4.42 Å². The molecule has 4 heteroatoms. The summed E-state index contributed by atoms with van der Waals surface area (Å²) in [5, 5.41) is 12.5. The maximum atomic E-state index is 6.30. The Morgan fingerprint density at radius 3 is 1.48 bits per heavy atom. The summed E-state index contributed by atoms with van der Waals surface area (Å²) in [7, 11) is -2.82. The summed E-state index contributed by atoms with van der Waals surface area (Å²) in [6.45, 7) is 0. The van der Waals surface area contributed by atoms with Gasteiger partial charge < -0.3 is 13.6 Å². The van der Waals surface area contributed by atoms with Gasteiger partial charge in [-0.2, -0.15) is 0 Å². The molecule has 3 aromatic heterocycles. The molecule has 0 bridgehead atoms. The third-order valence-electron chi connectivity index (χ3n) is 13.5. The molecule has 300 valence electrons. The molecule has 0 unspecified atom stereocenters. The lowest BCUT2D eigenvalue weighted by Gasteiger charge is -2.34. The maximum absolute atomic E-state index is 6.30. The highest BCUT2D eigenvalue weighted by Crippen LogP contribution is 2.43. The fourth-order valence-corrected chi connectivity index (χ4v) is 15.6. The van der Waals surface area contributed by atoms with Crippen molar-refractivity contribution in [2.45, 2.75) is 0 Å². The summed E-state index contributed by atoms with van der Waals surface area (Å²) in [6, 6.07) is 89.4. The smallest absolute Gasteiger partial charge is 0.179 e. The Balaban J connectivity index is 1.12. The van der Waals surface area contributed by atoms with Gasteiger partial charge in [0.15, 0.2) is 8.07 Å². The second kappa shape index (κ2) is 14.5. The molecule has 0 atom stereocenters. The van der Waals surface area contributed by atoms with Crippen molar-refractivity contribution in [1.29, 1.82) is 0 Å². The predicted molar refractivity (Wildman–Crippen MR) is 271 cm³/mol. The Hall–Kier alpha value is -8.18. The van der Waals surface area contributed by atoms with Gasteiger partial charge in [0, 0.05) is 43.6 Å². The summed E-state index contributed by atoms with van der Waals surface area (Å²) in [5.74, 6) is 0. The fourth-order valence-electron chi connectivity index (χ4n) is 10.8. The van der Waals surface area contributed by atoms with Crippen molar-refractivity contribution in [2.75, 3.05) is 0 Å². The highest BCUT2D eigenvalue weighted by molar-refractivity contribution is 7.19. The lowest BCUT2D eigenvalue weighted by atomic mass is 10.00. The average Bonchev–Trinajstić information content (AvgIpc) is 4.03. The first-order valence-corrected chi connectivity index (χ1v) is 24.0. The quantitative estimate of drug-likeness (QED) is 0.116. The van der Waals surface area contributed by atoms with Gasteiger partial charge in [0.1, 0.15) is 11.2 Å². The normalized spacial score (nSPS) is 12.1. The van der Waals surface area contributed by atoms with Crippen LogP contribution in [-0.4, -0.2) is 17.2 Å². The monoisotopic (exact) mass is 832 g/mol. The number of hydrogen-bond acceptors (Lipinski definition) is 1. The molecule has 13 rings (SSSR count). The second-order valence-electron chi connectivity index (χ2n) is 16.8. The summed E-state index contributed by atoms with van der Waals surface area (Å²) < 4.78 is 11.4. The highest BCUT2D eigenvalue weighted by atomic mass is 28.3. The zero-order valence-corrected chi connectivity index (χ0v) is 35.9. The molecule has 3 heterocycles. The van der Waals surface area contributed by atoms with Crippen LogP contribution < -0.4 is 20.7 Å². The van der Waals surface area contributed by atoms with Crippen LogP contribution in [0.1, 0.15) is 0 Å². The SMILES string of the molecule is c1ccc([Si](c2ccccc2)(c2ccccc2)c2cccc(-n3c4ccccc4c4cccc(-n5c6ccccc6c6cccc(-c7ccc8oc9ccccc9c8c7)c65)c43)c2)cc1. The van der Waals surface area contributed by atoms with Gasteiger partial charge in [-0.1, -0.05) is 194 Å². The Morgan fingerprint density at radius 2 is 0.812 bits per heavy atom. The van der Waals surface area contributed by atoms with E-state index in [1.807, 2.05) is 6.07 Å². The van der Waals surface area contributed by atoms with Crippen molar-refractivity contribution >= 4 is 94.4 Å². The van der Waals surface area contributed by atoms with Crippen molar-refractivity contribution in [3.8, 4) is 22.5 Å². The number of fused-ring (bicyclic) bond motifs is 9. The number of hydrogen-bond donors (Lipinski definition) is 0. The van der Waals surface area contributed by atoms with Crippen molar-refractivity contribution in [2.24, 2.45) is 0 Å². The molecule has 3 nitrogen and oxygen atoms in total. The van der Waals surface area contributed by atoms with Crippen LogP contribution in [0.15, 0.2) is 247 Å². The number of benzene rings is 10. The van der Waals surface area contributed by atoms with E-state index >= 15 is 0 Å². The van der Waals surface area contributed by atoms with E-state index in [1.54, 1.807) is 0 Å². The molecule has 64 heavy (non-hydrogen) atoms. The largest absolute Gasteiger partial charge is 0.456 e. The first-order valence-electron chi connectivity index (χ1n) is 22.0. The molecule has 0 amide bonds. The van der Waals surface area contributed by atoms with E-state index in [2.05, 4.69) is 246 Å². The highest BCUT2D eigenvalue weighted by Gasteiger charge is 2.41. The third kappa shape index (κ3) is 5.33. The first kappa shape index (κ1) is 36.5. The van der Waals surface area contributed by atoms with Crippen molar-refractivity contribution in [3.05, 3.63) is 243 Å². The summed E-state index contributed by atoms with van der Waals surface area (Å²) in [6.07, 6.45) is 0. The molecule has 0 radical (unpaired) electrons. The molecular formula is C60H40N2OSi. The van der Waals surface area contributed by atoms with Gasteiger partial charge in [0.05, 0.1) is 27.8 Å². The zero-order chi connectivity index (χ0) is 42.2. The molecule has 0 saturated carbocycles. The molecule has 10 aromatic carbocycles. The Kier molecular flexibility index (Phi) is 8.23. The van der Waals surface area contributed by atoms with Gasteiger partial charge in [0.25, 0.3) is 0 Å². The van der Waals surface area contributed by atoms with Crippen LogP contribution in [0.3, 0.4) is 0 Å². The first-order chi connectivity index (χ1) is 31.8. The molecular weight excluding hydrogens is 793 g/mol. The number of furan rings is 1. The van der Waals surface area contributed by atoms with E-state index < -0.39 is 8.07 Å². The molecule has 0 saturated heterocycles. The molecule has 0 aliphatic rings. The Morgan fingerprint density at radius 1 is 0.312 bits per heavy atom. The molecule has 0 fully saturated rings. The number of rotatable bonds is 7. The van der Waals surface area contributed by atoms with Crippen LogP contribution in [0.2, 0.25) is 0 Å². The lowest BCUT2D eigenvalue weighted by Crippen LogP contribution is -2.74. The molecule has 0 N–H and O–H groups in total. The summed E-state index contributed by atoms with van der Waals surface area (Å²) in [5.41, 5.74) is 11.1. The van der Waals surface area contributed by atoms with Gasteiger partial charge in [-0.15, -0.1) is 0 Å². The van der Waals surface area contributed by atoms with E-state index in [1.165, 1.54) is 69.9 Å².